The molecule has 0 saturated heterocycles. The zero-order valence-electron chi connectivity index (χ0n) is 9.64. The summed E-state index contributed by atoms with van der Waals surface area (Å²) in [6.45, 7) is 2.02. The number of aromatic nitrogens is 2. The fraction of sp³-hybridized carbons (Fsp3) is 0.0833. The molecule has 1 aromatic heterocycles. The maximum atomic E-state index is 5.53. The first kappa shape index (κ1) is 12.9. The van der Waals surface area contributed by atoms with E-state index in [1.807, 2.05) is 25.1 Å². The van der Waals surface area contributed by atoms with Gasteiger partial charge in [0, 0.05) is 16.4 Å². The van der Waals surface area contributed by atoms with Crippen LogP contribution in [-0.2, 0) is 0 Å². The molecule has 3 N–H and O–H groups in total. The lowest BCUT2D eigenvalue weighted by Crippen LogP contribution is -2.12. The first-order valence-corrected chi connectivity index (χ1v) is 6.42. The van der Waals surface area contributed by atoms with Gasteiger partial charge in [-0.25, -0.2) is 9.97 Å². The van der Waals surface area contributed by atoms with Crippen molar-refractivity contribution in [1.29, 1.82) is 0 Å². The second-order valence-electron chi connectivity index (χ2n) is 3.77. The molecule has 18 heavy (non-hydrogen) atoms. The summed E-state index contributed by atoms with van der Waals surface area (Å²) in [4.78, 5) is 8.60. The van der Waals surface area contributed by atoms with Gasteiger partial charge in [0.25, 0.3) is 0 Å². The van der Waals surface area contributed by atoms with Gasteiger partial charge in [0.15, 0.2) is 0 Å². The molecule has 2 rings (SSSR count). The first-order valence-electron chi connectivity index (χ1n) is 5.21. The molecule has 0 atom stereocenters. The van der Waals surface area contributed by atoms with Crippen molar-refractivity contribution in [3.05, 3.63) is 46.2 Å². The van der Waals surface area contributed by atoms with Crippen LogP contribution in [0.2, 0.25) is 0 Å². The van der Waals surface area contributed by atoms with E-state index in [2.05, 4.69) is 31.2 Å². The molecule has 0 radical (unpaired) electrons. The van der Waals surface area contributed by atoms with E-state index in [-0.39, 0.29) is 4.99 Å². The molecule has 1 heterocycles. The summed E-state index contributed by atoms with van der Waals surface area (Å²) in [7, 11) is 0. The fourth-order valence-electron chi connectivity index (χ4n) is 1.49. The summed E-state index contributed by atoms with van der Waals surface area (Å²) in [6, 6.07) is 7.66. The predicted molar refractivity (Wildman–Crippen MR) is 80.1 cm³/mol. The standard InChI is InChI=1S/C12H11BrN4S/c1-7-4-8(13)6-9(5-7)16-12-15-3-2-10(17-12)11(14)18/h2-6H,1H3,(H2,14,18)(H,15,16,17). The number of nitrogens with one attached hydrogen (secondary N) is 1. The average molecular weight is 323 g/mol. The van der Waals surface area contributed by atoms with Crippen LogP contribution < -0.4 is 11.1 Å². The Kier molecular flexibility index (Phi) is 3.88. The van der Waals surface area contributed by atoms with Gasteiger partial charge in [0.2, 0.25) is 5.95 Å². The minimum atomic E-state index is 0.255. The number of benzene rings is 1. The van der Waals surface area contributed by atoms with E-state index < -0.39 is 0 Å². The van der Waals surface area contributed by atoms with Gasteiger partial charge in [-0.3, -0.25) is 0 Å². The van der Waals surface area contributed by atoms with Crippen LogP contribution in [0.5, 0.6) is 0 Å². The molecule has 0 saturated carbocycles. The van der Waals surface area contributed by atoms with Crippen LogP contribution >= 0.6 is 28.1 Å². The molecule has 0 spiro atoms. The second-order valence-corrected chi connectivity index (χ2v) is 5.13. The van der Waals surface area contributed by atoms with Crippen LogP contribution in [0, 0.1) is 6.92 Å². The van der Waals surface area contributed by atoms with E-state index in [0.29, 0.717) is 11.6 Å². The number of hydrogen-bond donors (Lipinski definition) is 2. The number of anilines is 2. The Labute approximate surface area is 119 Å². The fourth-order valence-corrected chi connectivity index (χ4v) is 2.22. The van der Waals surface area contributed by atoms with E-state index in [4.69, 9.17) is 18.0 Å². The van der Waals surface area contributed by atoms with Gasteiger partial charge in [0.05, 0.1) is 0 Å². The summed E-state index contributed by atoms with van der Waals surface area (Å²) in [5, 5.41) is 3.11. The van der Waals surface area contributed by atoms with Crippen molar-refractivity contribution in [3.63, 3.8) is 0 Å². The van der Waals surface area contributed by atoms with Gasteiger partial charge < -0.3 is 11.1 Å². The highest BCUT2D eigenvalue weighted by Crippen LogP contribution is 2.21. The van der Waals surface area contributed by atoms with Crippen molar-refractivity contribution < 1.29 is 0 Å². The number of nitrogens with zero attached hydrogens (tertiary/aromatic N) is 2. The Hall–Kier alpha value is -1.53. The third-order valence-corrected chi connectivity index (χ3v) is 2.87. The van der Waals surface area contributed by atoms with Crippen LogP contribution in [0.1, 0.15) is 11.3 Å². The van der Waals surface area contributed by atoms with Gasteiger partial charge in [0.1, 0.15) is 10.7 Å². The van der Waals surface area contributed by atoms with Gasteiger partial charge in [-0.05, 0) is 36.8 Å². The van der Waals surface area contributed by atoms with Gasteiger partial charge in [-0.1, -0.05) is 28.1 Å². The molecule has 0 aliphatic carbocycles. The maximum absolute atomic E-state index is 5.53. The van der Waals surface area contributed by atoms with Crippen molar-refractivity contribution >= 4 is 44.8 Å². The minimum absolute atomic E-state index is 0.255. The van der Waals surface area contributed by atoms with Crippen LogP contribution in [0.25, 0.3) is 0 Å². The molecule has 4 nitrogen and oxygen atoms in total. The van der Waals surface area contributed by atoms with Crippen molar-refractivity contribution in [2.75, 3.05) is 5.32 Å². The molecule has 0 aliphatic heterocycles. The second kappa shape index (κ2) is 5.41. The monoisotopic (exact) mass is 322 g/mol. The van der Waals surface area contributed by atoms with Gasteiger partial charge >= 0.3 is 0 Å². The molecule has 6 heteroatoms. The lowest BCUT2D eigenvalue weighted by molar-refractivity contribution is 1.15. The van der Waals surface area contributed by atoms with E-state index in [0.717, 1.165) is 15.7 Å². The Bertz CT molecular complexity index is 580. The van der Waals surface area contributed by atoms with E-state index in [9.17, 15) is 0 Å². The average Bonchev–Trinajstić information content (AvgIpc) is 2.27. The quantitative estimate of drug-likeness (QED) is 0.851. The van der Waals surface area contributed by atoms with Crippen molar-refractivity contribution in [2.24, 2.45) is 5.73 Å². The highest BCUT2D eigenvalue weighted by atomic mass is 79.9. The predicted octanol–water partition coefficient (Wildman–Crippen LogP) is 2.93. The zero-order chi connectivity index (χ0) is 13.1. The Balaban J connectivity index is 2.28. The van der Waals surface area contributed by atoms with E-state index >= 15 is 0 Å². The molecule has 0 amide bonds. The first-order chi connectivity index (χ1) is 8.54. The Morgan fingerprint density at radius 3 is 2.83 bits per heavy atom. The maximum Gasteiger partial charge on any atom is 0.227 e. The lowest BCUT2D eigenvalue weighted by Gasteiger charge is -2.07. The molecule has 0 bridgehead atoms. The Morgan fingerprint density at radius 1 is 1.39 bits per heavy atom. The Morgan fingerprint density at radius 2 is 2.17 bits per heavy atom. The topological polar surface area (TPSA) is 63.8 Å². The third kappa shape index (κ3) is 3.24. The summed E-state index contributed by atoms with van der Waals surface area (Å²) < 4.78 is 0.996. The highest BCUT2D eigenvalue weighted by Gasteiger charge is 2.03. The van der Waals surface area contributed by atoms with Crippen LogP contribution in [0.15, 0.2) is 34.9 Å². The largest absolute Gasteiger partial charge is 0.388 e. The number of nitrogens with two attached hydrogens (primary N) is 1. The molecule has 0 aliphatic rings. The third-order valence-electron chi connectivity index (χ3n) is 2.21. The number of thiocarbonyl (C=S) groups is 1. The molecular formula is C12H11BrN4S. The summed E-state index contributed by atoms with van der Waals surface area (Å²) in [5.74, 6) is 0.470. The van der Waals surface area contributed by atoms with Crippen LogP contribution in [0.4, 0.5) is 11.6 Å². The number of aryl methyl sites for hydroxylation is 1. The van der Waals surface area contributed by atoms with E-state index in [1.54, 1.807) is 12.3 Å². The molecule has 0 unspecified atom stereocenters. The van der Waals surface area contributed by atoms with Gasteiger partial charge in [-0.2, -0.15) is 0 Å². The van der Waals surface area contributed by atoms with Crippen molar-refractivity contribution in [3.8, 4) is 0 Å². The normalized spacial score (nSPS) is 10.1. The summed E-state index contributed by atoms with van der Waals surface area (Å²) in [5.41, 5.74) is 8.12. The lowest BCUT2D eigenvalue weighted by atomic mass is 10.2. The van der Waals surface area contributed by atoms with Crippen molar-refractivity contribution in [1.82, 2.24) is 9.97 Å². The summed E-state index contributed by atoms with van der Waals surface area (Å²) in [6.07, 6.45) is 1.62. The number of halogens is 1. The summed E-state index contributed by atoms with van der Waals surface area (Å²) >= 11 is 8.32. The molecule has 92 valence electrons. The van der Waals surface area contributed by atoms with Crippen molar-refractivity contribution in [2.45, 2.75) is 6.92 Å². The van der Waals surface area contributed by atoms with Gasteiger partial charge in [-0.15, -0.1) is 0 Å². The zero-order valence-corrected chi connectivity index (χ0v) is 12.0. The number of hydrogen-bond acceptors (Lipinski definition) is 4. The highest BCUT2D eigenvalue weighted by molar-refractivity contribution is 9.10. The van der Waals surface area contributed by atoms with E-state index in [1.165, 1.54) is 0 Å². The molecule has 0 fully saturated rings. The molecular weight excluding hydrogens is 312 g/mol. The SMILES string of the molecule is Cc1cc(Br)cc(Nc2nccc(C(N)=S)n2)c1. The van der Waals surface area contributed by atoms with Crippen LogP contribution in [-0.4, -0.2) is 15.0 Å². The smallest absolute Gasteiger partial charge is 0.227 e. The number of rotatable bonds is 3. The van der Waals surface area contributed by atoms with Crippen LogP contribution in [0.3, 0.4) is 0 Å². The minimum Gasteiger partial charge on any atom is -0.388 e. The molecule has 1 aromatic carbocycles. The molecule has 2 aromatic rings.